The van der Waals surface area contributed by atoms with E-state index in [-0.39, 0.29) is 5.91 Å². The number of nitrogens with two attached hydrogens (primary N) is 1. The fourth-order valence-corrected chi connectivity index (χ4v) is 1.84. The summed E-state index contributed by atoms with van der Waals surface area (Å²) in [5, 5.41) is 2.85. The van der Waals surface area contributed by atoms with Gasteiger partial charge in [0.25, 0.3) is 5.91 Å². The van der Waals surface area contributed by atoms with Crippen LogP contribution in [0.3, 0.4) is 0 Å². The van der Waals surface area contributed by atoms with Crippen molar-refractivity contribution in [1.29, 1.82) is 0 Å². The van der Waals surface area contributed by atoms with E-state index < -0.39 is 0 Å². The van der Waals surface area contributed by atoms with Crippen LogP contribution in [0.4, 0.5) is 5.69 Å². The molecule has 2 rings (SSSR count). The molecule has 100 valence electrons. The van der Waals surface area contributed by atoms with E-state index in [0.29, 0.717) is 23.8 Å². The van der Waals surface area contributed by atoms with Crippen molar-refractivity contribution in [2.45, 2.75) is 26.3 Å². The van der Waals surface area contributed by atoms with Crippen LogP contribution in [0, 0.1) is 0 Å². The number of anilines is 1. The third kappa shape index (κ3) is 3.37. The van der Waals surface area contributed by atoms with Gasteiger partial charge in [-0.3, -0.25) is 4.79 Å². The van der Waals surface area contributed by atoms with Crippen LogP contribution in [0.5, 0.6) is 0 Å². The Morgan fingerprint density at radius 1 is 1.32 bits per heavy atom. The Kier molecular flexibility index (Phi) is 3.90. The first-order chi connectivity index (χ1) is 9.06. The number of nitrogens with one attached hydrogen (secondary N) is 2. The second kappa shape index (κ2) is 5.61. The van der Waals surface area contributed by atoms with Gasteiger partial charge in [-0.25, -0.2) is 0 Å². The molecule has 0 radical (unpaired) electrons. The van der Waals surface area contributed by atoms with E-state index in [1.54, 1.807) is 12.3 Å². The zero-order valence-electron chi connectivity index (χ0n) is 11.2. The summed E-state index contributed by atoms with van der Waals surface area (Å²) in [6.45, 7) is 4.83. The maximum atomic E-state index is 11.8. The van der Waals surface area contributed by atoms with E-state index in [1.165, 1.54) is 5.56 Å². The number of aromatic amines is 1. The van der Waals surface area contributed by atoms with Crippen LogP contribution < -0.4 is 11.1 Å². The molecule has 4 N–H and O–H groups in total. The number of H-pyrrole nitrogens is 1. The fraction of sp³-hybridized carbons (Fsp3) is 0.267. The van der Waals surface area contributed by atoms with Crippen molar-refractivity contribution in [3.8, 4) is 0 Å². The van der Waals surface area contributed by atoms with Gasteiger partial charge >= 0.3 is 0 Å². The van der Waals surface area contributed by atoms with E-state index in [4.69, 9.17) is 5.73 Å². The molecule has 0 saturated carbocycles. The maximum absolute atomic E-state index is 11.8. The van der Waals surface area contributed by atoms with Crippen LogP contribution in [0.25, 0.3) is 0 Å². The molecule has 4 heteroatoms. The van der Waals surface area contributed by atoms with Gasteiger partial charge in [0, 0.05) is 18.4 Å². The number of hydrogen-bond acceptors (Lipinski definition) is 2. The van der Waals surface area contributed by atoms with Gasteiger partial charge in [-0.2, -0.15) is 0 Å². The van der Waals surface area contributed by atoms with Crippen molar-refractivity contribution in [2.24, 2.45) is 0 Å². The minimum atomic E-state index is -0.148. The van der Waals surface area contributed by atoms with Gasteiger partial charge in [0.05, 0.1) is 0 Å². The average molecular weight is 257 g/mol. The third-order valence-corrected chi connectivity index (χ3v) is 3.05. The van der Waals surface area contributed by atoms with Crippen molar-refractivity contribution in [3.05, 3.63) is 53.3 Å². The summed E-state index contributed by atoms with van der Waals surface area (Å²) in [7, 11) is 0. The molecule has 0 atom stereocenters. The molecule has 2 aromatic rings. The highest BCUT2D eigenvalue weighted by atomic mass is 16.1. The summed E-state index contributed by atoms with van der Waals surface area (Å²) in [5.41, 5.74) is 8.98. The molecule has 0 aliphatic carbocycles. The monoisotopic (exact) mass is 257 g/mol. The van der Waals surface area contributed by atoms with Gasteiger partial charge in [0.2, 0.25) is 0 Å². The molecule has 0 fully saturated rings. The van der Waals surface area contributed by atoms with Gasteiger partial charge in [-0.1, -0.05) is 38.1 Å². The molecule has 4 nitrogen and oxygen atoms in total. The van der Waals surface area contributed by atoms with E-state index in [0.717, 1.165) is 5.56 Å². The van der Waals surface area contributed by atoms with E-state index in [9.17, 15) is 4.79 Å². The van der Waals surface area contributed by atoms with Gasteiger partial charge in [-0.15, -0.1) is 0 Å². The van der Waals surface area contributed by atoms with Gasteiger partial charge < -0.3 is 16.0 Å². The molecular weight excluding hydrogens is 238 g/mol. The molecule has 1 aromatic carbocycles. The Morgan fingerprint density at radius 3 is 2.53 bits per heavy atom. The summed E-state index contributed by atoms with van der Waals surface area (Å²) >= 11 is 0. The van der Waals surface area contributed by atoms with E-state index in [1.807, 2.05) is 12.1 Å². The van der Waals surface area contributed by atoms with Crippen LogP contribution in [-0.4, -0.2) is 10.9 Å². The van der Waals surface area contributed by atoms with Crippen LogP contribution in [0.2, 0.25) is 0 Å². The van der Waals surface area contributed by atoms with Crippen molar-refractivity contribution >= 4 is 11.6 Å². The van der Waals surface area contributed by atoms with Gasteiger partial charge in [0.15, 0.2) is 0 Å². The minimum Gasteiger partial charge on any atom is -0.397 e. The highest BCUT2D eigenvalue weighted by Crippen LogP contribution is 2.14. The normalized spacial score (nSPS) is 10.7. The summed E-state index contributed by atoms with van der Waals surface area (Å²) < 4.78 is 0. The molecule has 0 bridgehead atoms. The second-order valence-electron chi connectivity index (χ2n) is 4.93. The molecule has 0 aliphatic heterocycles. The lowest BCUT2D eigenvalue weighted by atomic mass is 10.0. The van der Waals surface area contributed by atoms with Crippen molar-refractivity contribution in [2.75, 3.05) is 5.73 Å². The highest BCUT2D eigenvalue weighted by Gasteiger charge is 2.07. The topological polar surface area (TPSA) is 70.9 Å². The Bertz CT molecular complexity index is 555. The fourth-order valence-electron chi connectivity index (χ4n) is 1.84. The summed E-state index contributed by atoms with van der Waals surface area (Å²) in [6, 6.07) is 9.89. The molecule has 0 aliphatic rings. The first-order valence-corrected chi connectivity index (χ1v) is 6.37. The Hall–Kier alpha value is -2.23. The lowest BCUT2D eigenvalue weighted by Crippen LogP contribution is -2.23. The first-order valence-electron chi connectivity index (χ1n) is 6.37. The molecule has 0 saturated heterocycles. The number of carbonyl (C=O) groups excluding carboxylic acids is 1. The quantitative estimate of drug-likeness (QED) is 0.788. The maximum Gasteiger partial charge on any atom is 0.268 e. The number of aromatic nitrogens is 1. The predicted octanol–water partition coefficient (Wildman–Crippen LogP) is 2.65. The zero-order valence-corrected chi connectivity index (χ0v) is 11.2. The second-order valence-corrected chi connectivity index (χ2v) is 4.93. The molecule has 1 heterocycles. The molecule has 1 amide bonds. The third-order valence-electron chi connectivity index (χ3n) is 3.05. The lowest BCUT2D eigenvalue weighted by Gasteiger charge is -2.07. The standard InChI is InChI=1S/C15H19N3O/c1-10(2)12-5-3-11(4-6-12)8-18-15(19)14-7-13(16)9-17-14/h3-7,9-10,17H,8,16H2,1-2H3,(H,18,19). The van der Waals surface area contributed by atoms with Crippen LogP contribution in [-0.2, 0) is 6.54 Å². The molecule has 1 aromatic heterocycles. The zero-order chi connectivity index (χ0) is 13.8. The lowest BCUT2D eigenvalue weighted by molar-refractivity contribution is 0.0946. The number of amides is 1. The number of rotatable bonds is 4. The number of benzene rings is 1. The Labute approximate surface area is 113 Å². The SMILES string of the molecule is CC(C)c1ccc(CNC(=O)c2cc(N)c[nH]2)cc1. The van der Waals surface area contributed by atoms with Crippen molar-refractivity contribution in [1.82, 2.24) is 10.3 Å². The van der Waals surface area contributed by atoms with Gasteiger partial charge in [-0.05, 0) is 23.1 Å². The first kappa shape index (κ1) is 13.2. The van der Waals surface area contributed by atoms with Crippen LogP contribution in [0.1, 0.15) is 41.4 Å². The number of nitrogen functional groups attached to an aromatic ring is 1. The van der Waals surface area contributed by atoms with Crippen LogP contribution >= 0.6 is 0 Å². The smallest absolute Gasteiger partial charge is 0.268 e. The van der Waals surface area contributed by atoms with E-state index >= 15 is 0 Å². The number of hydrogen-bond donors (Lipinski definition) is 3. The van der Waals surface area contributed by atoms with Crippen molar-refractivity contribution in [3.63, 3.8) is 0 Å². The summed E-state index contributed by atoms with van der Waals surface area (Å²) in [6.07, 6.45) is 1.60. The highest BCUT2D eigenvalue weighted by molar-refractivity contribution is 5.93. The number of carbonyl (C=O) groups is 1. The largest absolute Gasteiger partial charge is 0.397 e. The Morgan fingerprint density at radius 2 is 2.00 bits per heavy atom. The van der Waals surface area contributed by atoms with Gasteiger partial charge in [0.1, 0.15) is 5.69 Å². The predicted molar refractivity (Wildman–Crippen MR) is 76.9 cm³/mol. The summed E-state index contributed by atoms with van der Waals surface area (Å²) in [5.74, 6) is 0.371. The van der Waals surface area contributed by atoms with Crippen molar-refractivity contribution < 1.29 is 4.79 Å². The van der Waals surface area contributed by atoms with Crippen LogP contribution in [0.15, 0.2) is 36.5 Å². The molecule has 0 unspecified atom stereocenters. The molecule has 0 spiro atoms. The van der Waals surface area contributed by atoms with E-state index in [2.05, 4.69) is 36.3 Å². The molecule has 19 heavy (non-hydrogen) atoms. The molecular formula is C15H19N3O. The minimum absolute atomic E-state index is 0.148. The average Bonchev–Trinajstić information content (AvgIpc) is 2.83. The summed E-state index contributed by atoms with van der Waals surface area (Å²) in [4.78, 5) is 14.6. The Balaban J connectivity index is 1.93.